The van der Waals surface area contributed by atoms with E-state index in [1.807, 2.05) is 0 Å². The van der Waals surface area contributed by atoms with Gasteiger partial charge in [-0.25, -0.2) is 5.90 Å². The highest BCUT2D eigenvalue weighted by atomic mass is 16.6. The van der Waals surface area contributed by atoms with Gasteiger partial charge < -0.3 is 4.84 Å². The van der Waals surface area contributed by atoms with Crippen LogP contribution in [0.1, 0.15) is 49.7 Å². The summed E-state index contributed by atoms with van der Waals surface area (Å²) in [5.41, 5.74) is 2.94. The molecule has 2 heteroatoms. The summed E-state index contributed by atoms with van der Waals surface area (Å²) in [5.74, 6) is 6.78. The van der Waals surface area contributed by atoms with E-state index in [1.165, 1.54) is 36.8 Å². The predicted molar refractivity (Wildman–Crippen MR) is 70.7 cm³/mol. The van der Waals surface area contributed by atoms with Crippen LogP contribution in [0.15, 0.2) is 24.3 Å². The maximum atomic E-state index is 5.12. The van der Waals surface area contributed by atoms with Gasteiger partial charge in [0, 0.05) is 0 Å². The van der Waals surface area contributed by atoms with Crippen LogP contribution in [0.25, 0.3) is 0 Å². The largest absolute Gasteiger partial charge is 0.304 e. The van der Waals surface area contributed by atoms with Gasteiger partial charge in [0.2, 0.25) is 0 Å². The highest BCUT2D eigenvalue weighted by Crippen LogP contribution is 2.36. The lowest BCUT2D eigenvalue weighted by molar-refractivity contribution is 0.141. The zero-order valence-electron chi connectivity index (χ0n) is 10.7. The third-order valence-corrected chi connectivity index (χ3v) is 4.00. The Morgan fingerprint density at radius 1 is 1.18 bits per heavy atom. The molecular weight excluding hydrogens is 210 g/mol. The van der Waals surface area contributed by atoms with E-state index < -0.39 is 0 Å². The number of rotatable bonds is 4. The molecule has 1 aromatic rings. The summed E-state index contributed by atoms with van der Waals surface area (Å²) in [4.78, 5) is 4.71. The van der Waals surface area contributed by atoms with E-state index in [1.54, 1.807) is 0 Å². The number of hydrogen-bond donors (Lipinski definition) is 1. The van der Waals surface area contributed by atoms with Gasteiger partial charge in [-0.1, -0.05) is 44.0 Å². The van der Waals surface area contributed by atoms with Crippen LogP contribution in [0, 0.1) is 5.92 Å². The van der Waals surface area contributed by atoms with Crippen molar-refractivity contribution in [1.82, 2.24) is 0 Å². The van der Waals surface area contributed by atoms with E-state index in [4.69, 9.17) is 10.7 Å². The van der Waals surface area contributed by atoms with Crippen molar-refractivity contribution in [3.05, 3.63) is 35.4 Å². The molecule has 0 unspecified atom stereocenters. The van der Waals surface area contributed by atoms with E-state index in [2.05, 4.69) is 31.2 Å². The van der Waals surface area contributed by atoms with Crippen molar-refractivity contribution < 1.29 is 4.84 Å². The lowest BCUT2D eigenvalue weighted by Gasteiger charge is -2.28. The summed E-state index contributed by atoms with van der Waals surface area (Å²) in [7, 11) is 0. The van der Waals surface area contributed by atoms with Crippen molar-refractivity contribution in [3.63, 3.8) is 0 Å². The summed E-state index contributed by atoms with van der Waals surface area (Å²) in [6, 6.07) is 8.76. The Morgan fingerprint density at radius 2 is 1.88 bits per heavy atom. The molecule has 1 aromatic carbocycles. The zero-order valence-corrected chi connectivity index (χ0v) is 10.7. The molecule has 1 fully saturated rings. The Balaban J connectivity index is 2.08. The Hall–Kier alpha value is -0.860. The first kappa shape index (κ1) is 12.6. The van der Waals surface area contributed by atoms with Crippen molar-refractivity contribution in [1.29, 1.82) is 0 Å². The third kappa shape index (κ3) is 3.30. The lowest BCUT2D eigenvalue weighted by atomic mass is 9.78. The SMILES string of the molecule is CC1CCC(c2ccccc2CCON)CC1. The molecule has 0 aromatic heterocycles. The maximum Gasteiger partial charge on any atom is 0.0719 e. The molecule has 0 spiro atoms. The van der Waals surface area contributed by atoms with Crippen LogP contribution in [0.2, 0.25) is 0 Å². The van der Waals surface area contributed by atoms with Gasteiger partial charge in [0.15, 0.2) is 0 Å². The van der Waals surface area contributed by atoms with Gasteiger partial charge in [-0.05, 0) is 42.2 Å². The molecule has 2 rings (SSSR count). The van der Waals surface area contributed by atoms with Crippen molar-refractivity contribution in [2.24, 2.45) is 11.8 Å². The molecule has 0 radical (unpaired) electrons. The van der Waals surface area contributed by atoms with Crippen LogP contribution in [0.3, 0.4) is 0 Å². The normalized spacial score (nSPS) is 24.8. The second kappa shape index (κ2) is 6.18. The van der Waals surface area contributed by atoms with Gasteiger partial charge in [-0.3, -0.25) is 0 Å². The monoisotopic (exact) mass is 233 g/mol. The second-order valence-corrected chi connectivity index (χ2v) is 5.28. The van der Waals surface area contributed by atoms with Gasteiger partial charge in [-0.15, -0.1) is 0 Å². The minimum absolute atomic E-state index is 0.611. The predicted octanol–water partition coefficient (Wildman–Crippen LogP) is 3.41. The second-order valence-electron chi connectivity index (χ2n) is 5.28. The lowest BCUT2D eigenvalue weighted by Crippen LogP contribution is -2.13. The zero-order chi connectivity index (χ0) is 12.1. The fraction of sp³-hybridized carbons (Fsp3) is 0.600. The molecule has 2 nitrogen and oxygen atoms in total. The fourth-order valence-electron chi connectivity index (χ4n) is 2.90. The minimum atomic E-state index is 0.611. The molecule has 0 saturated heterocycles. The van der Waals surface area contributed by atoms with Crippen molar-refractivity contribution >= 4 is 0 Å². The quantitative estimate of drug-likeness (QED) is 0.809. The molecule has 1 aliphatic carbocycles. The summed E-state index contributed by atoms with van der Waals surface area (Å²) in [6.07, 6.45) is 6.33. The minimum Gasteiger partial charge on any atom is -0.304 e. The van der Waals surface area contributed by atoms with Gasteiger partial charge in [0.1, 0.15) is 0 Å². The Labute approximate surface area is 104 Å². The smallest absolute Gasteiger partial charge is 0.0719 e. The Morgan fingerprint density at radius 3 is 2.59 bits per heavy atom. The van der Waals surface area contributed by atoms with Gasteiger partial charge in [0.25, 0.3) is 0 Å². The van der Waals surface area contributed by atoms with Gasteiger partial charge in [-0.2, -0.15) is 0 Å². The highest BCUT2D eigenvalue weighted by Gasteiger charge is 2.21. The number of nitrogens with two attached hydrogens (primary N) is 1. The van der Waals surface area contributed by atoms with E-state index in [0.717, 1.165) is 18.3 Å². The molecular formula is C15H23NO. The van der Waals surface area contributed by atoms with Crippen molar-refractivity contribution in [2.75, 3.05) is 6.61 Å². The van der Waals surface area contributed by atoms with E-state index in [9.17, 15) is 0 Å². The van der Waals surface area contributed by atoms with Crippen molar-refractivity contribution in [2.45, 2.75) is 44.9 Å². The average Bonchev–Trinajstić information content (AvgIpc) is 2.38. The Bertz CT molecular complexity index is 343. The van der Waals surface area contributed by atoms with Gasteiger partial charge >= 0.3 is 0 Å². The summed E-state index contributed by atoms with van der Waals surface area (Å²) >= 11 is 0. The number of hydrogen-bond acceptors (Lipinski definition) is 2. The summed E-state index contributed by atoms with van der Waals surface area (Å²) in [6.45, 7) is 2.98. The molecule has 0 bridgehead atoms. The highest BCUT2D eigenvalue weighted by molar-refractivity contribution is 5.31. The average molecular weight is 233 g/mol. The van der Waals surface area contributed by atoms with Gasteiger partial charge in [0.05, 0.1) is 6.61 Å². The van der Waals surface area contributed by atoms with Crippen molar-refractivity contribution in [3.8, 4) is 0 Å². The van der Waals surface area contributed by atoms with Crippen LogP contribution >= 0.6 is 0 Å². The summed E-state index contributed by atoms with van der Waals surface area (Å²) < 4.78 is 0. The summed E-state index contributed by atoms with van der Waals surface area (Å²) in [5, 5.41) is 0. The van der Waals surface area contributed by atoms with Crippen LogP contribution in [-0.4, -0.2) is 6.61 Å². The molecule has 0 amide bonds. The molecule has 0 atom stereocenters. The molecule has 1 aliphatic rings. The van der Waals surface area contributed by atoms with Crippen LogP contribution in [0.5, 0.6) is 0 Å². The molecule has 94 valence electrons. The number of benzene rings is 1. The molecule has 17 heavy (non-hydrogen) atoms. The fourth-order valence-corrected chi connectivity index (χ4v) is 2.90. The van der Waals surface area contributed by atoms with E-state index >= 15 is 0 Å². The first-order chi connectivity index (χ1) is 8.31. The third-order valence-electron chi connectivity index (χ3n) is 4.00. The molecule has 0 aliphatic heterocycles. The Kier molecular flexibility index (Phi) is 4.57. The molecule has 0 heterocycles. The topological polar surface area (TPSA) is 35.2 Å². The molecule has 2 N–H and O–H groups in total. The van der Waals surface area contributed by atoms with Crippen LogP contribution in [-0.2, 0) is 11.3 Å². The first-order valence-electron chi connectivity index (χ1n) is 6.70. The maximum absolute atomic E-state index is 5.12. The van der Waals surface area contributed by atoms with E-state index in [0.29, 0.717) is 6.61 Å². The first-order valence-corrected chi connectivity index (χ1v) is 6.70. The van der Waals surface area contributed by atoms with E-state index in [-0.39, 0.29) is 0 Å². The molecule has 1 saturated carbocycles. The van der Waals surface area contributed by atoms with Crippen LogP contribution in [0.4, 0.5) is 0 Å². The van der Waals surface area contributed by atoms with Crippen LogP contribution < -0.4 is 5.90 Å². The standard InChI is InChI=1S/C15H23NO/c1-12-6-8-14(9-7-12)15-5-3-2-4-13(15)10-11-17-16/h2-5,12,14H,6-11,16H2,1H3.